The molecule has 0 spiro atoms. The van der Waals surface area contributed by atoms with Crippen LogP contribution in [-0.2, 0) is 40.2 Å². The van der Waals surface area contributed by atoms with Crippen molar-refractivity contribution in [2.75, 3.05) is 39.6 Å². The van der Waals surface area contributed by atoms with E-state index in [0.29, 0.717) is 21.2 Å². The van der Waals surface area contributed by atoms with Crippen LogP contribution in [-0.4, -0.2) is 59.2 Å². The fourth-order valence-electron chi connectivity index (χ4n) is 8.54. The Morgan fingerprint density at radius 2 is 0.550 bits per heavy atom. The summed E-state index contributed by atoms with van der Waals surface area (Å²) >= 11 is 0. The molecule has 0 heterocycles. The summed E-state index contributed by atoms with van der Waals surface area (Å²) in [5, 5.41) is 1.74. The second kappa shape index (κ2) is 17.5. The van der Waals surface area contributed by atoms with Gasteiger partial charge in [0, 0.05) is 0 Å². The number of hydrogen-bond acceptors (Lipinski definition) is 8. The van der Waals surface area contributed by atoms with Crippen LogP contribution in [0.5, 0.6) is 0 Å². The van der Waals surface area contributed by atoms with Gasteiger partial charge in [-0.3, -0.25) is 0 Å². The van der Waals surface area contributed by atoms with Gasteiger partial charge in [0.2, 0.25) is 0 Å². The standard InChI is InChI=1S/C50H76O8P2/c1-35-21-17-25-39(47(5,6)7)43(35)59(51,52,44-36(2)22-18-26-40(44)48(8,9)10)57-33-31-55-29-30-56-32-34-58-60(53,54,45-37(3)23-19-27-41(45)49(11,12)13)46-38(4)24-20-28-42(46)50(14,15)16/h17-28,51-54H,29-34H2,1-16H3. The number of hydrogen-bond donors (Lipinski definition) is 4. The zero-order valence-corrected chi connectivity index (χ0v) is 41.3. The fraction of sp³-hybridized carbons (Fsp3) is 0.520. The number of ether oxygens (including phenoxy) is 2. The minimum atomic E-state index is -5.30. The van der Waals surface area contributed by atoms with Crippen LogP contribution < -0.4 is 21.2 Å². The monoisotopic (exact) mass is 867 g/mol. The number of aryl methyl sites for hydroxylation is 4. The first-order valence-electron chi connectivity index (χ1n) is 21.3. The molecule has 0 aliphatic rings. The zero-order valence-electron chi connectivity index (χ0n) is 39.5. The van der Waals surface area contributed by atoms with Crippen LogP contribution in [0, 0.1) is 27.7 Å². The third-order valence-corrected chi connectivity index (χ3v) is 18.2. The van der Waals surface area contributed by atoms with Crippen LogP contribution in [0.4, 0.5) is 0 Å². The van der Waals surface area contributed by atoms with Crippen molar-refractivity contribution in [2.45, 2.75) is 132 Å². The molecule has 0 aliphatic heterocycles. The van der Waals surface area contributed by atoms with Crippen LogP contribution in [0.3, 0.4) is 0 Å². The van der Waals surface area contributed by atoms with E-state index >= 15 is 0 Å². The molecule has 10 heteroatoms. The van der Waals surface area contributed by atoms with Crippen molar-refractivity contribution in [3.8, 4) is 0 Å². The van der Waals surface area contributed by atoms with Crippen molar-refractivity contribution in [1.29, 1.82) is 0 Å². The third kappa shape index (κ3) is 10.3. The molecule has 4 N–H and O–H groups in total. The van der Waals surface area contributed by atoms with Crippen LogP contribution >= 0.6 is 14.6 Å². The van der Waals surface area contributed by atoms with Gasteiger partial charge >= 0.3 is 363 Å². The van der Waals surface area contributed by atoms with E-state index < -0.39 is 36.2 Å². The van der Waals surface area contributed by atoms with Gasteiger partial charge in [-0.1, -0.05) is 0 Å². The summed E-state index contributed by atoms with van der Waals surface area (Å²) in [5.74, 6) is 0. The van der Waals surface area contributed by atoms with Crippen molar-refractivity contribution in [2.24, 2.45) is 0 Å². The molecule has 0 amide bonds. The van der Waals surface area contributed by atoms with Gasteiger partial charge < -0.3 is 0 Å². The molecule has 0 bridgehead atoms. The van der Waals surface area contributed by atoms with Gasteiger partial charge in [-0.2, -0.15) is 0 Å². The van der Waals surface area contributed by atoms with Crippen molar-refractivity contribution in [1.82, 2.24) is 0 Å². The molecule has 0 aromatic heterocycles. The normalized spacial score (nSPS) is 14.7. The Morgan fingerprint density at radius 3 is 0.750 bits per heavy atom. The Bertz CT molecular complexity index is 1860. The quantitative estimate of drug-likeness (QED) is 0.0691. The molecular formula is C50H76O8P2. The molecule has 0 atom stereocenters. The maximum atomic E-state index is 13.1. The number of rotatable bonds is 15. The summed E-state index contributed by atoms with van der Waals surface area (Å²) in [6, 6.07) is 23.3. The van der Waals surface area contributed by atoms with E-state index in [4.69, 9.17) is 18.5 Å². The summed E-state index contributed by atoms with van der Waals surface area (Å²) in [4.78, 5) is 52.4. The third-order valence-electron chi connectivity index (χ3n) is 11.3. The van der Waals surface area contributed by atoms with Gasteiger partial charge in [0.15, 0.2) is 0 Å². The Labute approximate surface area is 362 Å². The van der Waals surface area contributed by atoms with Gasteiger partial charge in [-0.05, 0) is 0 Å². The maximum absolute atomic E-state index is 13.1. The molecule has 0 aliphatic carbocycles. The van der Waals surface area contributed by atoms with Crippen LogP contribution in [0.1, 0.15) is 128 Å². The fourth-order valence-corrected chi connectivity index (χ4v) is 16.6. The SMILES string of the molecule is Cc1cccc(C(C)(C)C)c1P(O)(O)(OCCOCCOCCOP(O)(O)(c1c(C)cccc1C(C)(C)C)c1c(C)cccc1C(C)(C)C)c1c(C)cccc1C(C)(C)C. The summed E-state index contributed by atoms with van der Waals surface area (Å²) in [7, 11) is -10.6. The van der Waals surface area contributed by atoms with Gasteiger partial charge in [0.05, 0.1) is 0 Å². The molecule has 0 radical (unpaired) electrons. The first-order valence-corrected chi connectivity index (χ1v) is 25.4. The van der Waals surface area contributed by atoms with E-state index in [1.54, 1.807) is 0 Å². The second-order valence-electron chi connectivity index (χ2n) is 20.7. The molecule has 4 rings (SSSR count). The first-order chi connectivity index (χ1) is 27.4. The van der Waals surface area contributed by atoms with E-state index in [1.165, 1.54) is 0 Å². The molecule has 334 valence electrons. The average molecular weight is 867 g/mol. The van der Waals surface area contributed by atoms with Crippen LogP contribution in [0.25, 0.3) is 0 Å². The van der Waals surface area contributed by atoms with Crippen LogP contribution in [0.2, 0.25) is 0 Å². The van der Waals surface area contributed by atoms with Crippen molar-refractivity contribution >= 4 is 35.8 Å². The predicted molar refractivity (Wildman–Crippen MR) is 254 cm³/mol. The van der Waals surface area contributed by atoms with E-state index in [0.717, 1.165) is 44.5 Å². The van der Waals surface area contributed by atoms with Crippen molar-refractivity contribution in [3.63, 3.8) is 0 Å². The summed E-state index contributed by atoms with van der Waals surface area (Å²) in [6.45, 7) is 32.9. The van der Waals surface area contributed by atoms with Crippen LogP contribution in [0.15, 0.2) is 72.8 Å². The second-order valence-corrected chi connectivity index (χ2v) is 26.8. The molecule has 0 saturated heterocycles. The van der Waals surface area contributed by atoms with E-state index in [2.05, 4.69) is 83.1 Å². The number of benzene rings is 4. The molecule has 8 nitrogen and oxygen atoms in total. The van der Waals surface area contributed by atoms with E-state index in [1.807, 2.05) is 100 Å². The Balaban J connectivity index is 1.54. The zero-order chi connectivity index (χ0) is 45.4. The summed E-state index contributed by atoms with van der Waals surface area (Å²) < 4.78 is 24.9. The van der Waals surface area contributed by atoms with E-state index in [-0.39, 0.29) is 39.6 Å². The predicted octanol–water partition coefficient (Wildman–Crippen LogP) is 9.34. The molecule has 60 heavy (non-hydrogen) atoms. The minimum absolute atomic E-state index is 0.0769. The summed E-state index contributed by atoms with van der Waals surface area (Å²) in [6.07, 6.45) is 0. The Morgan fingerprint density at radius 1 is 0.350 bits per heavy atom. The molecular weight excluding hydrogens is 790 g/mol. The topological polar surface area (TPSA) is 118 Å². The molecule has 0 unspecified atom stereocenters. The van der Waals surface area contributed by atoms with Gasteiger partial charge in [-0.15, -0.1) is 0 Å². The Kier molecular flexibility index (Phi) is 14.6. The van der Waals surface area contributed by atoms with Gasteiger partial charge in [0.25, 0.3) is 0 Å². The van der Waals surface area contributed by atoms with Crippen molar-refractivity contribution < 1.29 is 38.1 Å². The molecule has 0 fully saturated rings. The first kappa shape index (κ1) is 50.1. The average Bonchev–Trinajstić information content (AvgIpc) is 3.10. The molecule has 4 aromatic rings. The summed E-state index contributed by atoms with van der Waals surface area (Å²) in [5.41, 5.74) is 4.65. The molecule has 4 aromatic carbocycles. The Hall–Kier alpha value is -2.58. The van der Waals surface area contributed by atoms with Crippen molar-refractivity contribution in [3.05, 3.63) is 117 Å². The van der Waals surface area contributed by atoms with Gasteiger partial charge in [0.1, 0.15) is 0 Å². The van der Waals surface area contributed by atoms with Gasteiger partial charge in [-0.25, -0.2) is 0 Å². The molecule has 0 saturated carbocycles. The van der Waals surface area contributed by atoms with E-state index in [9.17, 15) is 19.6 Å².